The number of unbranched alkanes of at least 4 members (excludes halogenated alkanes) is 5. The highest BCUT2D eigenvalue weighted by Gasteiger charge is 2.09. The molecule has 4 rings (SSSR count). The average molecular weight is 505 g/mol. The molecular weight excluding hydrogens is 460 g/mol. The van der Waals surface area contributed by atoms with Gasteiger partial charge in [0.25, 0.3) is 0 Å². The summed E-state index contributed by atoms with van der Waals surface area (Å²) in [6, 6.07) is 34.9. The molecule has 4 aromatic carbocycles. The van der Waals surface area contributed by atoms with E-state index < -0.39 is 0 Å². The van der Waals surface area contributed by atoms with Crippen LogP contribution in [0.4, 0.5) is 11.4 Å². The molecule has 4 N–H and O–H groups in total. The molecule has 0 fully saturated rings. The van der Waals surface area contributed by atoms with E-state index in [2.05, 4.69) is 86.6 Å². The quantitative estimate of drug-likeness (QED) is 0.141. The van der Waals surface area contributed by atoms with Gasteiger partial charge < -0.3 is 11.5 Å². The fourth-order valence-electron chi connectivity index (χ4n) is 5.27. The first-order valence-electron chi connectivity index (χ1n) is 14.4. The van der Waals surface area contributed by atoms with Gasteiger partial charge in [-0.3, -0.25) is 0 Å². The zero-order valence-corrected chi connectivity index (χ0v) is 23.2. The molecule has 2 heteroatoms. The number of anilines is 2. The van der Waals surface area contributed by atoms with Gasteiger partial charge in [-0.2, -0.15) is 0 Å². The first-order chi connectivity index (χ1) is 18.5. The van der Waals surface area contributed by atoms with Gasteiger partial charge in [0.1, 0.15) is 0 Å². The fourth-order valence-corrected chi connectivity index (χ4v) is 5.27. The lowest BCUT2D eigenvalue weighted by molar-refractivity contribution is 0.594. The van der Waals surface area contributed by atoms with E-state index >= 15 is 0 Å². The van der Waals surface area contributed by atoms with Crippen LogP contribution in [0.2, 0.25) is 0 Å². The smallest absolute Gasteiger partial charge is 0.0314 e. The van der Waals surface area contributed by atoms with Crippen LogP contribution >= 0.6 is 0 Å². The normalized spacial score (nSPS) is 12.8. The van der Waals surface area contributed by atoms with Crippen molar-refractivity contribution in [2.24, 2.45) is 0 Å². The van der Waals surface area contributed by atoms with Crippen molar-refractivity contribution in [3.05, 3.63) is 130 Å². The van der Waals surface area contributed by atoms with E-state index in [0.717, 1.165) is 11.4 Å². The summed E-state index contributed by atoms with van der Waals surface area (Å²) in [6.45, 7) is 4.53. The molecule has 0 bridgehead atoms. The van der Waals surface area contributed by atoms with Crippen molar-refractivity contribution in [1.29, 1.82) is 0 Å². The van der Waals surface area contributed by atoms with E-state index in [-0.39, 0.29) is 0 Å². The second kappa shape index (κ2) is 13.9. The SMILES string of the molecule is CC(c1ccc(N)cc1)c1ccc(CCCCCCCCc2ccc(C(C)c3ccc(N)cc3)cc2)cc1. The Balaban J connectivity index is 1.09. The van der Waals surface area contributed by atoms with Crippen molar-refractivity contribution >= 4 is 11.4 Å². The molecule has 2 nitrogen and oxygen atoms in total. The minimum absolute atomic E-state index is 0.390. The molecule has 2 unspecified atom stereocenters. The maximum Gasteiger partial charge on any atom is 0.0314 e. The van der Waals surface area contributed by atoms with E-state index in [9.17, 15) is 0 Å². The largest absolute Gasteiger partial charge is 0.399 e. The monoisotopic (exact) mass is 504 g/mol. The predicted octanol–water partition coefficient (Wildman–Crippen LogP) is 9.28. The number of hydrogen-bond donors (Lipinski definition) is 2. The third kappa shape index (κ3) is 7.99. The van der Waals surface area contributed by atoms with Gasteiger partial charge in [0, 0.05) is 23.2 Å². The fraction of sp³-hybridized carbons (Fsp3) is 0.333. The summed E-state index contributed by atoms with van der Waals surface area (Å²) in [6.07, 6.45) is 10.2. The van der Waals surface area contributed by atoms with Crippen molar-refractivity contribution in [3.8, 4) is 0 Å². The Kier molecular flexibility index (Phi) is 10.0. The molecule has 0 aliphatic rings. The van der Waals surface area contributed by atoms with E-state index in [4.69, 9.17) is 11.5 Å². The number of nitrogen functional groups attached to an aromatic ring is 2. The number of aryl methyl sites for hydroxylation is 2. The molecule has 0 amide bonds. The zero-order valence-electron chi connectivity index (χ0n) is 23.2. The van der Waals surface area contributed by atoms with E-state index in [1.807, 2.05) is 24.3 Å². The lowest BCUT2D eigenvalue weighted by atomic mass is 9.92. The van der Waals surface area contributed by atoms with Crippen molar-refractivity contribution in [2.45, 2.75) is 77.0 Å². The second-order valence-electron chi connectivity index (χ2n) is 10.9. The van der Waals surface area contributed by atoms with E-state index in [1.165, 1.54) is 84.7 Å². The van der Waals surface area contributed by atoms with Gasteiger partial charge in [0.2, 0.25) is 0 Å². The summed E-state index contributed by atoms with van der Waals surface area (Å²) in [5, 5.41) is 0. The summed E-state index contributed by atoms with van der Waals surface area (Å²) in [7, 11) is 0. The molecule has 0 saturated heterocycles. The van der Waals surface area contributed by atoms with Gasteiger partial charge in [-0.1, -0.05) is 112 Å². The summed E-state index contributed by atoms with van der Waals surface area (Å²) >= 11 is 0. The van der Waals surface area contributed by atoms with Crippen molar-refractivity contribution in [1.82, 2.24) is 0 Å². The van der Waals surface area contributed by atoms with Crippen LogP contribution in [0.5, 0.6) is 0 Å². The Morgan fingerprint density at radius 3 is 0.974 bits per heavy atom. The first kappa shape index (κ1) is 27.5. The summed E-state index contributed by atoms with van der Waals surface area (Å²) in [5.74, 6) is 0.779. The molecule has 0 saturated carbocycles. The third-order valence-electron chi connectivity index (χ3n) is 8.01. The summed E-state index contributed by atoms with van der Waals surface area (Å²) in [5.41, 5.74) is 21.6. The molecule has 38 heavy (non-hydrogen) atoms. The van der Waals surface area contributed by atoms with Crippen LogP contribution in [0.15, 0.2) is 97.1 Å². The minimum Gasteiger partial charge on any atom is -0.399 e. The van der Waals surface area contributed by atoms with Crippen LogP contribution in [0.25, 0.3) is 0 Å². The van der Waals surface area contributed by atoms with Crippen molar-refractivity contribution in [2.75, 3.05) is 11.5 Å². The van der Waals surface area contributed by atoms with E-state index in [1.54, 1.807) is 0 Å². The average Bonchev–Trinajstić information content (AvgIpc) is 2.95. The topological polar surface area (TPSA) is 52.0 Å². The molecule has 0 spiro atoms. The van der Waals surface area contributed by atoms with Crippen molar-refractivity contribution < 1.29 is 0 Å². The Morgan fingerprint density at radius 2 is 0.658 bits per heavy atom. The lowest BCUT2D eigenvalue weighted by Crippen LogP contribution is -1.97. The van der Waals surface area contributed by atoms with Gasteiger partial charge in [0.15, 0.2) is 0 Å². The third-order valence-corrected chi connectivity index (χ3v) is 8.01. The Morgan fingerprint density at radius 1 is 0.395 bits per heavy atom. The molecule has 0 aliphatic heterocycles. The molecule has 0 aromatic heterocycles. The molecular formula is C36H44N2. The minimum atomic E-state index is 0.390. The molecule has 0 aliphatic carbocycles. The second-order valence-corrected chi connectivity index (χ2v) is 10.9. The molecule has 198 valence electrons. The standard InChI is InChI=1S/C36H44N2/c1-27(33-19-23-35(37)24-20-33)31-15-11-29(12-16-31)9-7-5-3-4-6-8-10-30-13-17-32(18-14-30)28(2)34-21-25-36(38)26-22-34/h11-28H,3-10,37-38H2,1-2H3. The van der Waals surface area contributed by atoms with Crippen LogP contribution in [0.3, 0.4) is 0 Å². The molecule has 0 heterocycles. The highest BCUT2D eigenvalue weighted by Crippen LogP contribution is 2.26. The zero-order chi connectivity index (χ0) is 26.7. The molecule has 2 atom stereocenters. The maximum absolute atomic E-state index is 5.83. The highest BCUT2D eigenvalue weighted by molar-refractivity contribution is 5.43. The van der Waals surface area contributed by atoms with Gasteiger partial charge >= 0.3 is 0 Å². The van der Waals surface area contributed by atoms with Crippen LogP contribution in [0.1, 0.15) is 97.6 Å². The number of nitrogens with two attached hydrogens (primary N) is 2. The van der Waals surface area contributed by atoms with Gasteiger partial charge in [0.05, 0.1) is 0 Å². The first-order valence-corrected chi connectivity index (χ1v) is 14.4. The molecule has 0 radical (unpaired) electrons. The lowest BCUT2D eigenvalue weighted by Gasteiger charge is -2.13. The van der Waals surface area contributed by atoms with Crippen LogP contribution < -0.4 is 11.5 Å². The molecule has 4 aromatic rings. The van der Waals surface area contributed by atoms with Crippen LogP contribution in [-0.4, -0.2) is 0 Å². The Hall–Kier alpha value is -3.52. The van der Waals surface area contributed by atoms with Gasteiger partial charge in [-0.15, -0.1) is 0 Å². The Labute approximate surface area is 230 Å². The predicted molar refractivity (Wildman–Crippen MR) is 165 cm³/mol. The summed E-state index contributed by atoms with van der Waals surface area (Å²) in [4.78, 5) is 0. The number of hydrogen-bond acceptors (Lipinski definition) is 2. The van der Waals surface area contributed by atoms with Crippen LogP contribution in [-0.2, 0) is 12.8 Å². The maximum atomic E-state index is 5.83. The Bertz CT molecular complexity index is 1120. The summed E-state index contributed by atoms with van der Waals surface area (Å²) < 4.78 is 0. The highest BCUT2D eigenvalue weighted by atomic mass is 14.5. The van der Waals surface area contributed by atoms with Crippen LogP contribution in [0, 0.1) is 0 Å². The number of benzene rings is 4. The number of rotatable bonds is 13. The van der Waals surface area contributed by atoms with Crippen molar-refractivity contribution in [3.63, 3.8) is 0 Å². The van der Waals surface area contributed by atoms with Gasteiger partial charge in [-0.25, -0.2) is 0 Å². The van der Waals surface area contributed by atoms with Gasteiger partial charge in [-0.05, 0) is 83.3 Å². The van der Waals surface area contributed by atoms with E-state index in [0.29, 0.717) is 11.8 Å².